The largest absolute Gasteiger partial charge is 0.397 e. The molecule has 0 fully saturated rings. The minimum absolute atomic E-state index is 0.140. The van der Waals surface area contributed by atoms with Gasteiger partial charge in [-0.3, -0.25) is 9.59 Å². The predicted octanol–water partition coefficient (Wildman–Crippen LogP) is 0.164. The Morgan fingerprint density at radius 2 is 1.89 bits per heavy atom. The fourth-order valence-electron chi connectivity index (χ4n) is 1.65. The summed E-state index contributed by atoms with van der Waals surface area (Å²) in [4.78, 5) is 23.4. The average Bonchev–Trinajstić information content (AvgIpc) is 2.38. The monoisotopic (exact) mass is 245 g/mol. The van der Waals surface area contributed by atoms with E-state index >= 15 is 0 Å². The summed E-state index contributed by atoms with van der Waals surface area (Å²) >= 11 is 0. The van der Waals surface area contributed by atoms with Crippen molar-refractivity contribution in [3.05, 3.63) is 28.8 Å². The number of benzene rings is 1. The Morgan fingerprint density at radius 3 is 2.39 bits per heavy atom. The molecule has 0 spiro atoms. The van der Waals surface area contributed by atoms with E-state index in [0.717, 1.165) is 0 Å². The number of hydrogen-bond donors (Lipinski definition) is 3. The molecule has 2 amide bonds. The van der Waals surface area contributed by atoms with Crippen molar-refractivity contribution in [1.82, 2.24) is 10.6 Å². The van der Waals surface area contributed by atoms with Crippen molar-refractivity contribution in [2.45, 2.75) is 6.42 Å². The lowest BCUT2D eigenvalue weighted by molar-refractivity contribution is 0.0962. The van der Waals surface area contributed by atoms with E-state index in [0.29, 0.717) is 5.56 Å². The Morgan fingerprint density at radius 1 is 1.28 bits per heavy atom. The maximum absolute atomic E-state index is 11.8. The summed E-state index contributed by atoms with van der Waals surface area (Å²) in [6.45, 7) is 0. The first-order valence-corrected chi connectivity index (χ1v) is 5.35. The Balaban J connectivity index is 3.45. The molecule has 18 heavy (non-hydrogen) atoms. The molecule has 0 saturated heterocycles. The summed E-state index contributed by atoms with van der Waals surface area (Å²) in [5.74, 6) is 1.76. The van der Waals surface area contributed by atoms with Gasteiger partial charge in [0.15, 0.2) is 0 Å². The van der Waals surface area contributed by atoms with Crippen molar-refractivity contribution in [3.63, 3.8) is 0 Å². The number of amides is 2. The highest BCUT2D eigenvalue weighted by Gasteiger charge is 2.19. The Hall–Kier alpha value is -2.48. The third-order valence-electron chi connectivity index (χ3n) is 2.55. The van der Waals surface area contributed by atoms with Crippen molar-refractivity contribution in [2.24, 2.45) is 0 Å². The van der Waals surface area contributed by atoms with Gasteiger partial charge in [0.1, 0.15) is 0 Å². The van der Waals surface area contributed by atoms with Crippen molar-refractivity contribution < 1.29 is 9.59 Å². The van der Waals surface area contributed by atoms with Crippen LogP contribution in [-0.4, -0.2) is 25.9 Å². The van der Waals surface area contributed by atoms with Gasteiger partial charge in [-0.1, -0.05) is 6.07 Å². The minimum atomic E-state index is -0.358. The number of rotatable bonds is 3. The molecule has 0 unspecified atom stereocenters. The molecular weight excluding hydrogens is 230 g/mol. The Labute approximate surface area is 106 Å². The second kappa shape index (κ2) is 5.73. The van der Waals surface area contributed by atoms with Crippen molar-refractivity contribution in [3.8, 4) is 12.3 Å². The first-order chi connectivity index (χ1) is 8.56. The van der Waals surface area contributed by atoms with Gasteiger partial charge in [-0.15, -0.1) is 12.3 Å². The highest BCUT2D eigenvalue weighted by molar-refractivity contribution is 6.08. The fraction of sp³-hybridized carbons (Fsp3) is 0.231. The van der Waals surface area contributed by atoms with Gasteiger partial charge in [-0.05, 0) is 11.6 Å². The minimum Gasteiger partial charge on any atom is -0.397 e. The molecule has 0 aliphatic rings. The van der Waals surface area contributed by atoms with E-state index in [1.807, 2.05) is 0 Å². The van der Waals surface area contributed by atoms with E-state index < -0.39 is 0 Å². The highest BCUT2D eigenvalue weighted by atomic mass is 16.2. The predicted molar refractivity (Wildman–Crippen MR) is 70.2 cm³/mol. The van der Waals surface area contributed by atoms with Gasteiger partial charge in [0.25, 0.3) is 11.8 Å². The van der Waals surface area contributed by atoms with Gasteiger partial charge in [0.2, 0.25) is 0 Å². The molecule has 0 bridgehead atoms. The summed E-state index contributed by atoms with van der Waals surface area (Å²) in [7, 11) is 2.99. The molecule has 0 aliphatic carbocycles. The molecule has 0 saturated carbocycles. The quantitative estimate of drug-likeness (QED) is 0.524. The molecule has 0 aromatic heterocycles. The smallest absolute Gasteiger partial charge is 0.253 e. The molecule has 4 N–H and O–H groups in total. The van der Waals surface area contributed by atoms with E-state index in [-0.39, 0.29) is 35.0 Å². The standard InChI is InChI=1S/C13H15N3O2/c1-4-5-8-6-7-9(12(17)15-2)11(14)10(8)13(18)16-3/h1,6-7H,5,14H2,2-3H3,(H,15,17)(H,16,18). The third-order valence-corrected chi connectivity index (χ3v) is 2.55. The first-order valence-electron chi connectivity index (χ1n) is 5.35. The Bertz CT molecular complexity index is 530. The zero-order valence-corrected chi connectivity index (χ0v) is 10.3. The van der Waals surface area contributed by atoms with Crippen LogP contribution in [-0.2, 0) is 6.42 Å². The molecule has 1 aromatic rings. The fourth-order valence-corrected chi connectivity index (χ4v) is 1.65. The maximum Gasteiger partial charge on any atom is 0.253 e. The first kappa shape index (κ1) is 13.6. The maximum atomic E-state index is 11.8. The van der Waals surface area contributed by atoms with Gasteiger partial charge in [0.05, 0.1) is 16.8 Å². The number of terminal acetylenes is 1. The van der Waals surface area contributed by atoms with E-state index in [1.165, 1.54) is 14.1 Å². The highest BCUT2D eigenvalue weighted by Crippen LogP contribution is 2.22. The molecule has 1 rings (SSSR count). The molecule has 0 atom stereocenters. The van der Waals surface area contributed by atoms with Crippen LogP contribution < -0.4 is 16.4 Å². The molecule has 5 nitrogen and oxygen atoms in total. The van der Waals surface area contributed by atoms with E-state index in [1.54, 1.807) is 12.1 Å². The molecule has 1 aromatic carbocycles. The summed E-state index contributed by atoms with van der Waals surface area (Å²) in [5, 5.41) is 4.95. The van der Waals surface area contributed by atoms with Crippen LogP contribution in [0.4, 0.5) is 5.69 Å². The molecule has 0 heterocycles. The molecular formula is C13H15N3O2. The van der Waals surface area contributed by atoms with Crippen LogP contribution in [0.5, 0.6) is 0 Å². The van der Waals surface area contributed by atoms with Crippen LogP contribution in [0.25, 0.3) is 0 Å². The molecule has 5 heteroatoms. The third kappa shape index (κ3) is 2.43. The average molecular weight is 245 g/mol. The van der Waals surface area contributed by atoms with Gasteiger partial charge in [0, 0.05) is 20.5 Å². The van der Waals surface area contributed by atoms with Crippen molar-refractivity contribution in [2.75, 3.05) is 19.8 Å². The van der Waals surface area contributed by atoms with Gasteiger partial charge >= 0.3 is 0 Å². The van der Waals surface area contributed by atoms with Crippen molar-refractivity contribution in [1.29, 1.82) is 0 Å². The second-order valence-electron chi connectivity index (χ2n) is 3.60. The van der Waals surface area contributed by atoms with Crippen LogP contribution in [0.2, 0.25) is 0 Å². The lowest BCUT2D eigenvalue weighted by Crippen LogP contribution is -2.25. The van der Waals surface area contributed by atoms with Crippen LogP contribution in [0.3, 0.4) is 0 Å². The lowest BCUT2D eigenvalue weighted by atomic mass is 9.98. The van der Waals surface area contributed by atoms with Gasteiger partial charge < -0.3 is 16.4 Å². The van der Waals surface area contributed by atoms with E-state index in [4.69, 9.17) is 12.2 Å². The van der Waals surface area contributed by atoms with Crippen LogP contribution in [0.1, 0.15) is 26.3 Å². The van der Waals surface area contributed by atoms with Gasteiger partial charge in [-0.2, -0.15) is 0 Å². The van der Waals surface area contributed by atoms with Crippen LogP contribution in [0.15, 0.2) is 12.1 Å². The summed E-state index contributed by atoms with van der Waals surface area (Å²) in [6.07, 6.45) is 5.52. The number of nitrogens with one attached hydrogen (secondary N) is 2. The number of hydrogen-bond acceptors (Lipinski definition) is 3. The summed E-state index contributed by atoms with van der Waals surface area (Å²) in [6, 6.07) is 3.21. The van der Waals surface area contributed by atoms with E-state index in [2.05, 4.69) is 16.6 Å². The van der Waals surface area contributed by atoms with Crippen LogP contribution >= 0.6 is 0 Å². The number of nitrogens with two attached hydrogens (primary N) is 1. The molecule has 0 aliphatic heterocycles. The summed E-state index contributed by atoms with van der Waals surface area (Å²) in [5.41, 5.74) is 7.17. The summed E-state index contributed by atoms with van der Waals surface area (Å²) < 4.78 is 0. The molecule has 94 valence electrons. The van der Waals surface area contributed by atoms with Crippen molar-refractivity contribution >= 4 is 17.5 Å². The normalized spacial score (nSPS) is 9.39. The van der Waals surface area contributed by atoms with E-state index in [9.17, 15) is 9.59 Å². The number of nitrogen functional groups attached to an aromatic ring is 1. The SMILES string of the molecule is C#CCc1ccc(C(=O)NC)c(N)c1C(=O)NC. The number of anilines is 1. The zero-order chi connectivity index (χ0) is 13.7. The lowest BCUT2D eigenvalue weighted by Gasteiger charge is -2.13. The number of carbonyl (C=O) groups excluding carboxylic acids is 2. The Kier molecular flexibility index (Phi) is 4.33. The second-order valence-corrected chi connectivity index (χ2v) is 3.60. The number of carbonyl (C=O) groups is 2. The zero-order valence-electron chi connectivity index (χ0n) is 10.3. The molecule has 0 radical (unpaired) electrons. The topological polar surface area (TPSA) is 84.2 Å². The van der Waals surface area contributed by atoms with Crippen LogP contribution in [0, 0.1) is 12.3 Å². The van der Waals surface area contributed by atoms with Gasteiger partial charge in [-0.25, -0.2) is 0 Å².